The molecule has 0 amide bonds. The lowest BCUT2D eigenvalue weighted by atomic mass is 10.3. The third-order valence-electron chi connectivity index (χ3n) is 0.865. The maximum absolute atomic E-state index is 10.7. The van der Waals surface area contributed by atoms with Crippen LogP contribution >= 0.6 is 0 Å². The van der Waals surface area contributed by atoms with Gasteiger partial charge in [0.2, 0.25) is 0 Å². The molecule has 0 bridgehead atoms. The molecule has 0 rings (SSSR count). The van der Waals surface area contributed by atoms with E-state index in [9.17, 15) is 4.79 Å². The number of hydrogen-bond donors (Lipinski definition) is 2. The van der Waals surface area contributed by atoms with Crippen LogP contribution in [0.4, 0.5) is 0 Å². The fourth-order valence-corrected chi connectivity index (χ4v) is 0.421. The molecule has 0 saturated heterocycles. The second-order valence-corrected chi connectivity index (χ2v) is 1.69. The third-order valence-corrected chi connectivity index (χ3v) is 0.865. The predicted molar refractivity (Wildman–Crippen MR) is 34.7 cm³/mol. The molecule has 0 spiro atoms. The van der Waals surface area contributed by atoms with Gasteiger partial charge in [0.15, 0.2) is 0 Å². The summed E-state index contributed by atoms with van der Waals surface area (Å²) in [5, 5.41) is 0. The Morgan fingerprint density at radius 1 is 1.70 bits per heavy atom. The second-order valence-electron chi connectivity index (χ2n) is 1.69. The maximum Gasteiger partial charge on any atom is 0.325 e. The van der Waals surface area contributed by atoms with E-state index in [0.29, 0.717) is 6.61 Å². The molecule has 5 nitrogen and oxygen atoms in total. The summed E-state index contributed by atoms with van der Waals surface area (Å²) >= 11 is 0. The van der Waals surface area contributed by atoms with Crippen LogP contribution in [0.1, 0.15) is 6.92 Å². The van der Waals surface area contributed by atoms with E-state index in [4.69, 9.17) is 5.73 Å². The average molecular weight is 148 g/mol. The lowest BCUT2D eigenvalue weighted by Crippen LogP contribution is -2.37. The molecule has 0 aliphatic rings. The van der Waals surface area contributed by atoms with Crippen molar-refractivity contribution in [3.05, 3.63) is 0 Å². The minimum Gasteiger partial charge on any atom is -0.465 e. The van der Waals surface area contributed by atoms with Crippen molar-refractivity contribution in [2.45, 2.75) is 13.0 Å². The zero-order chi connectivity index (χ0) is 7.98. The van der Waals surface area contributed by atoms with E-state index in [0.717, 1.165) is 0 Å². The van der Waals surface area contributed by atoms with Crippen LogP contribution in [0.2, 0.25) is 0 Å². The van der Waals surface area contributed by atoms with Gasteiger partial charge in [0.1, 0.15) is 6.04 Å². The van der Waals surface area contributed by atoms with Gasteiger partial charge in [0.05, 0.1) is 13.2 Å². The van der Waals surface area contributed by atoms with Crippen molar-refractivity contribution in [2.24, 2.45) is 11.6 Å². The van der Waals surface area contributed by atoms with Crippen molar-refractivity contribution in [3.8, 4) is 0 Å². The summed E-state index contributed by atoms with van der Waals surface area (Å²) in [6.45, 7) is 2.00. The van der Waals surface area contributed by atoms with Crippen LogP contribution in [0, 0.1) is 0 Å². The quantitative estimate of drug-likeness (QED) is 0.385. The van der Waals surface area contributed by atoms with Crippen LogP contribution in [-0.2, 0) is 14.4 Å². The summed E-state index contributed by atoms with van der Waals surface area (Å²) in [6.07, 6.45) is 0. The van der Waals surface area contributed by atoms with E-state index < -0.39 is 12.0 Å². The van der Waals surface area contributed by atoms with Crippen molar-refractivity contribution in [1.29, 1.82) is 0 Å². The first-order valence-corrected chi connectivity index (χ1v) is 2.96. The highest BCUT2D eigenvalue weighted by Crippen LogP contribution is 1.84. The molecular weight excluding hydrogens is 136 g/mol. The molecule has 0 radical (unpaired) electrons. The van der Waals surface area contributed by atoms with Gasteiger partial charge >= 0.3 is 5.97 Å². The Labute approximate surface area is 59.2 Å². The smallest absolute Gasteiger partial charge is 0.325 e. The van der Waals surface area contributed by atoms with Crippen LogP contribution in [0.3, 0.4) is 0 Å². The van der Waals surface area contributed by atoms with Crippen molar-refractivity contribution in [2.75, 3.05) is 13.2 Å². The Morgan fingerprint density at radius 2 is 2.30 bits per heavy atom. The molecular formula is C5H12N2O3. The summed E-state index contributed by atoms with van der Waals surface area (Å²) in [5.74, 6) is 4.18. The van der Waals surface area contributed by atoms with E-state index in [1.165, 1.54) is 0 Å². The molecule has 0 saturated carbocycles. The SMILES string of the molecule is CCOC(=O)[C@@H](N)CON. The molecule has 5 heteroatoms. The van der Waals surface area contributed by atoms with Gasteiger partial charge in [-0.25, -0.2) is 5.90 Å². The average Bonchev–Trinajstić information content (AvgIpc) is 1.89. The van der Waals surface area contributed by atoms with Crippen molar-refractivity contribution >= 4 is 5.97 Å². The van der Waals surface area contributed by atoms with Gasteiger partial charge in [-0.05, 0) is 6.92 Å². The largest absolute Gasteiger partial charge is 0.465 e. The molecule has 0 aromatic carbocycles. The van der Waals surface area contributed by atoms with Crippen LogP contribution in [0.5, 0.6) is 0 Å². The van der Waals surface area contributed by atoms with Gasteiger partial charge in [-0.2, -0.15) is 0 Å². The summed E-state index contributed by atoms with van der Waals surface area (Å²) in [7, 11) is 0. The van der Waals surface area contributed by atoms with Gasteiger partial charge in [-0.3, -0.25) is 4.79 Å². The summed E-state index contributed by atoms with van der Waals surface area (Å²) < 4.78 is 4.56. The van der Waals surface area contributed by atoms with Gasteiger partial charge < -0.3 is 15.3 Å². The van der Waals surface area contributed by atoms with Gasteiger partial charge in [0.25, 0.3) is 0 Å². The normalized spacial score (nSPS) is 12.7. The Balaban J connectivity index is 3.49. The first-order chi connectivity index (χ1) is 4.72. The molecule has 10 heavy (non-hydrogen) atoms. The van der Waals surface area contributed by atoms with E-state index in [1.54, 1.807) is 6.92 Å². The first kappa shape index (κ1) is 9.35. The summed E-state index contributed by atoms with van der Waals surface area (Å²) in [4.78, 5) is 14.8. The zero-order valence-corrected chi connectivity index (χ0v) is 5.87. The van der Waals surface area contributed by atoms with Crippen molar-refractivity contribution in [1.82, 2.24) is 0 Å². The molecule has 60 valence electrons. The number of hydrogen-bond acceptors (Lipinski definition) is 5. The van der Waals surface area contributed by atoms with Crippen molar-refractivity contribution < 1.29 is 14.4 Å². The highest BCUT2D eigenvalue weighted by Gasteiger charge is 2.13. The van der Waals surface area contributed by atoms with Crippen LogP contribution in [0.25, 0.3) is 0 Å². The zero-order valence-electron chi connectivity index (χ0n) is 5.87. The second kappa shape index (κ2) is 5.16. The molecule has 0 unspecified atom stereocenters. The Kier molecular flexibility index (Phi) is 4.82. The monoisotopic (exact) mass is 148 g/mol. The molecule has 0 fully saturated rings. The molecule has 0 aromatic rings. The number of carbonyl (C=O) groups is 1. The van der Waals surface area contributed by atoms with Crippen LogP contribution in [0.15, 0.2) is 0 Å². The van der Waals surface area contributed by atoms with Crippen LogP contribution in [-0.4, -0.2) is 25.2 Å². The topological polar surface area (TPSA) is 87.6 Å². The van der Waals surface area contributed by atoms with E-state index >= 15 is 0 Å². The predicted octanol–water partition coefficient (Wildman–Crippen LogP) is -1.23. The van der Waals surface area contributed by atoms with Crippen LogP contribution < -0.4 is 11.6 Å². The van der Waals surface area contributed by atoms with Gasteiger partial charge in [0, 0.05) is 0 Å². The fourth-order valence-electron chi connectivity index (χ4n) is 0.421. The van der Waals surface area contributed by atoms with Gasteiger partial charge in [-0.15, -0.1) is 0 Å². The first-order valence-electron chi connectivity index (χ1n) is 2.96. The Morgan fingerprint density at radius 3 is 2.70 bits per heavy atom. The number of rotatable bonds is 4. The summed E-state index contributed by atoms with van der Waals surface area (Å²) in [5.41, 5.74) is 5.23. The lowest BCUT2D eigenvalue weighted by Gasteiger charge is -2.07. The fraction of sp³-hybridized carbons (Fsp3) is 0.800. The van der Waals surface area contributed by atoms with Crippen molar-refractivity contribution in [3.63, 3.8) is 0 Å². The molecule has 0 aromatic heterocycles. The van der Waals surface area contributed by atoms with E-state index in [-0.39, 0.29) is 6.61 Å². The lowest BCUT2D eigenvalue weighted by molar-refractivity contribution is -0.146. The molecule has 1 atom stereocenters. The van der Waals surface area contributed by atoms with E-state index in [1.807, 2.05) is 0 Å². The standard InChI is InChI=1S/C5H12N2O3/c1-2-9-5(8)4(6)3-10-7/h4H,2-3,6-7H2,1H3/t4-/m0/s1. The number of ether oxygens (including phenoxy) is 1. The number of carbonyl (C=O) groups excluding carboxylic acids is 1. The van der Waals surface area contributed by atoms with Gasteiger partial charge in [-0.1, -0.05) is 0 Å². The Hall–Kier alpha value is -0.650. The molecule has 4 N–H and O–H groups in total. The Bertz CT molecular complexity index is 107. The highest BCUT2D eigenvalue weighted by molar-refractivity contribution is 5.75. The third kappa shape index (κ3) is 3.39. The minimum absolute atomic E-state index is 0.0150. The minimum atomic E-state index is -0.773. The maximum atomic E-state index is 10.7. The number of esters is 1. The summed E-state index contributed by atoms with van der Waals surface area (Å²) in [6, 6.07) is -0.773. The number of nitrogens with two attached hydrogens (primary N) is 2. The molecule has 0 aliphatic heterocycles. The molecule has 0 aliphatic carbocycles. The molecule has 0 heterocycles. The highest BCUT2D eigenvalue weighted by atomic mass is 16.6. The van der Waals surface area contributed by atoms with E-state index in [2.05, 4.69) is 15.5 Å².